The van der Waals surface area contributed by atoms with Crippen molar-refractivity contribution in [3.05, 3.63) is 71.7 Å². The van der Waals surface area contributed by atoms with Crippen molar-refractivity contribution in [3.8, 4) is 11.5 Å². The maximum Gasteiger partial charge on any atom is 0.255 e. The standard InChI is InChI=1S/C26H31N5O3/c1-4-5-6-7-16-34-22-12-8-19(9-13-22)24-23(18(2)29-26-27-17-28-31(24)26)25(32)30-20-10-14-21(33-3)15-11-20/h8-15,17,24H,4-7,16H2,1-3H3,(H,30,32)(H,27,28,29)/t24-/m1/s1. The lowest BCUT2D eigenvalue weighted by Crippen LogP contribution is -2.31. The van der Waals surface area contributed by atoms with E-state index in [1.54, 1.807) is 11.8 Å². The van der Waals surface area contributed by atoms with E-state index in [4.69, 9.17) is 9.47 Å². The number of aromatic nitrogens is 3. The van der Waals surface area contributed by atoms with Gasteiger partial charge in [0.25, 0.3) is 5.91 Å². The monoisotopic (exact) mass is 461 g/mol. The first-order chi connectivity index (χ1) is 16.6. The Bertz CT molecular complexity index is 1140. The van der Waals surface area contributed by atoms with E-state index in [0.717, 1.165) is 29.2 Å². The Morgan fingerprint density at radius 3 is 2.50 bits per heavy atom. The number of anilines is 2. The normalized spacial score (nSPS) is 14.9. The minimum atomic E-state index is -0.421. The number of carbonyl (C=O) groups is 1. The molecule has 178 valence electrons. The van der Waals surface area contributed by atoms with Gasteiger partial charge in [-0.25, -0.2) is 4.68 Å². The van der Waals surface area contributed by atoms with Crippen molar-refractivity contribution in [2.75, 3.05) is 24.4 Å². The zero-order valence-electron chi connectivity index (χ0n) is 19.9. The second-order valence-corrected chi connectivity index (χ2v) is 8.26. The highest BCUT2D eigenvalue weighted by molar-refractivity contribution is 6.06. The smallest absolute Gasteiger partial charge is 0.255 e. The summed E-state index contributed by atoms with van der Waals surface area (Å²) in [5, 5.41) is 10.6. The summed E-state index contributed by atoms with van der Waals surface area (Å²) < 4.78 is 12.8. The van der Waals surface area contributed by atoms with E-state index >= 15 is 0 Å². The molecule has 0 spiro atoms. The van der Waals surface area contributed by atoms with Crippen molar-refractivity contribution < 1.29 is 14.3 Å². The summed E-state index contributed by atoms with van der Waals surface area (Å²) in [4.78, 5) is 17.7. The van der Waals surface area contributed by atoms with E-state index < -0.39 is 6.04 Å². The van der Waals surface area contributed by atoms with E-state index in [-0.39, 0.29) is 5.91 Å². The lowest BCUT2D eigenvalue weighted by molar-refractivity contribution is -0.113. The molecule has 0 aliphatic carbocycles. The van der Waals surface area contributed by atoms with Gasteiger partial charge in [-0.3, -0.25) is 4.79 Å². The number of unbranched alkanes of at least 4 members (excludes halogenated alkanes) is 3. The number of carbonyl (C=O) groups excluding carboxylic acids is 1. The molecule has 1 aliphatic rings. The van der Waals surface area contributed by atoms with E-state index in [1.165, 1.54) is 25.6 Å². The molecule has 3 aromatic rings. The molecule has 1 atom stereocenters. The van der Waals surface area contributed by atoms with Gasteiger partial charge in [-0.1, -0.05) is 38.3 Å². The predicted octanol–water partition coefficient (Wildman–Crippen LogP) is 5.17. The fraction of sp³-hybridized carbons (Fsp3) is 0.346. The van der Waals surface area contributed by atoms with Gasteiger partial charge in [0, 0.05) is 11.4 Å². The zero-order valence-corrected chi connectivity index (χ0v) is 19.9. The van der Waals surface area contributed by atoms with Gasteiger partial charge < -0.3 is 20.1 Å². The van der Waals surface area contributed by atoms with Crippen LogP contribution in [0.4, 0.5) is 11.6 Å². The molecule has 2 aromatic carbocycles. The molecule has 1 aliphatic heterocycles. The summed E-state index contributed by atoms with van der Waals surface area (Å²) in [5.74, 6) is 1.93. The van der Waals surface area contributed by atoms with Crippen molar-refractivity contribution in [1.29, 1.82) is 0 Å². The molecule has 0 bridgehead atoms. The lowest BCUT2D eigenvalue weighted by atomic mass is 9.95. The number of nitrogens with one attached hydrogen (secondary N) is 2. The predicted molar refractivity (Wildman–Crippen MR) is 132 cm³/mol. The first kappa shape index (κ1) is 23.4. The quantitative estimate of drug-likeness (QED) is 0.405. The maximum absolute atomic E-state index is 13.4. The Kier molecular flexibility index (Phi) is 7.47. The number of hydrogen-bond donors (Lipinski definition) is 2. The molecule has 1 amide bonds. The van der Waals surface area contributed by atoms with Crippen LogP contribution in [0, 0.1) is 0 Å². The third-order valence-corrected chi connectivity index (χ3v) is 5.85. The fourth-order valence-corrected chi connectivity index (χ4v) is 4.03. The number of ether oxygens (including phenoxy) is 2. The molecular weight excluding hydrogens is 430 g/mol. The SMILES string of the molecule is CCCCCCOc1ccc([C@@H]2C(C(=O)Nc3ccc(OC)cc3)=C(C)Nc3ncnn32)cc1. The maximum atomic E-state index is 13.4. The molecule has 4 rings (SSSR count). The molecule has 1 aromatic heterocycles. The van der Waals surface area contributed by atoms with Crippen molar-refractivity contribution in [2.45, 2.75) is 45.6 Å². The number of fused-ring (bicyclic) bond motifs is 1. The third kappa shape index (κ3) is 5.22. The van der Waals surface area contributed by atoms with Gasteiger partial charge in [0.05, 0.1) is 19.3 Å². The second-order valence-electron chi connectivity index (χ2n) is 8.26. The van der Waals surface area contributed by atoms with Crippen LogP contribution in [0.15, 0.2) is 66.1 Å². The van der Waals surface area contributed by atoms with Crippen LogP contribution in [0.25, 0.3) is 0 Å². The number of amides is 1. The summed E-state index contributed by atoms with van der Waals surface area (Å²) in [6.07, 6.45) is 6.14. The summed E-state index contributed by atoms with van der Waals surface area (Å²) >= 11 is 0. The highest BCUT2D eigenvalue weighted by Crippen LogP contribution is 2.35. The Morgan fingerprint density at radius 1 is 1.06 bits per heavy atom. The summed E-state index contributed by atoms with van der Waals surface area (Å²) in [6, 6.07) is 14.7. The van der Waals surface area contributed by atoms with Crippen molar-refractivity contribution in [3.63, 3.8) is 0 Å². The van der Waals surface area contributed by atoms with E-state index in [2.05, 4.69) is 27.6 Å². The Balaban J connectivity index is 1.55. The first-order valence-corrected chi connectivity index (χ1v) is 11.7. The highest BCUT2D eigenvalue weighted by Gasteiger charge is 2.33. The minimum Gasteiger partial charge on any atom is -0.497 e. The van der Waals surface area contributed by atoms with E-state index in [0.29, 0.717) is 23.8 Å². The largest absolute Gasteiger partial charge is 0.497 e. The van der Waals surface area contributed by atoms with Gasteiger partial charge in [0.15, 0.2) is 0 Å². The fourth-order valence-electron chi connectivity index (χ4n) is 4.03. The van der Waals surface area contributed by atoms with Crippen LogP contribution < -0.4 is 20.1 Å². The van der Waals surface area contributed by atoms with Crippen LogP contribution in [0.5, 0.6) is 11.5 Å². The Hall–Kier alpha value is -3.81. The van der Waals surface area contributed by atoms with Crippen molar-refractivity contribution in [2.24, 2.45) is 0 Å². The van der Waals surface area contributed by atoms with Gasteiger partial charge in [-0.05, 0) is 55.3 Å². The Labute approximate surface area is 200 Å². The van der Waals surface area contributed by atoms with Crippen LogP contribution in [-0.2, 0) is 4.79 Å². The van der Waals surface area contributed by atoms with E-state index in [1.807, 2.05) is 55.5 Å². The van der Waals surface area contributed by atoms with Crippen LogP contribution >= 0.6 is 0 Å². The Morgan fingerprint density at radius 2 is 1.79 bits per heavy atom. The molecular formula is C26H31N5O3. The van der Waals surface area contributed by atoms with Gasteiger partial charge in [0.1, 0.15) is 23.9 Å². The number of hydrogen-bond acceptors (Lipinski definition) is 6. The van der Waals surface area contributed by atoms with Gasteiger partial charge in [-0.15, -0.1) is 0 Å². The molecule has 8 heteroatoms. The van der Waals surface area contributed by atoms with Crippen LogP contribution in [-0.4, -0.2) is 34.4 Å². The molecule has 34 heavy (non-hydrogen) atoms. The molecule has 0 saturated heterocycles. The number of benzene rings is 2. The lowest BCUT2D eigenvalue weighted by Gasteiger charge is -2.28. The molecule has 0 saturated carbocycles. The number of methoxy groups -OCH3 is 1. The topological polar surface area (TPSA) is 90.3 Å². The average molecular weight is 462 g/mol. The number of nitrogens with zero attached hydrogens (tertiary/aromatic N) is 3. The van der Waals surface area contributed by atoms with Crippen molar-refractivity contribution in [1.82, 2.24) is 14.8 Å². The summed E-state index contributed by atoms with van der Waals surface area (Å²) in [6.45, 7) is 4.78. The molecule has 0 unspecified atom stereocenters. The summed E-state index contributed by atoms with van der Waals surface area (Å²) in [5.41, 5.74) is 2.90. The molecule has 8 nitrogen and oxygen atoms in total. The van der Waals surface area contributed by atoms with Crippen LogP contribution in [0.1, 0.15) is 51.1 Å². The van der Waals surface area contributed by atoms with Gasteiger partial charge in [-0.2, -0.15) is 10.1 Å². The highest BCUT2D eigenvalue weighted by atomic mass is 16.5. The molecule has 2 N–H and O–H groups in total. The van der Waals surface area contributed by atoms with Crippen molar-refractivity contribution >= 4 is 17.5 Å². The second kappa shape index (κ2) is 10.9. The third-order valence-electron chi connectivity index (χ3n) is 5.85. The van der Waals surface area contributed by atoms with Crippen LogP contribution in [0.2, 0.25) is 0 Å². The number of allylic oxidation sites excluding steroid dienone is 1. The molecule has 0 radical (unpaired) electrons. The van der Waals surface area contributed by atoms with Gasteiger partial charge in [0.2, 0.25) is 5.95 Å². The van der Waals surface area contributed by atoms with Crippen LogP contribution in [0.3, 0.4) is 0 Å². The number of rotatable bonds is 10. The average Bonchev–Trinajstić information content (AvgIpc) is 3.32. The van der Waals surface area contributed by atoms with E-state index in [9.17, 15) is 4.79 Å². The van der Waals surface area contributed by atoms with Gasteiger partial charge >= 0.3 is 0 Å². The first-order valence-electron chi connectivity index (χ1n) is 11.7. The minimum absolute atomic E-state index is 0.211. The zero-order chi connectivity index (χ0) is 23.9. The molecule has 0 fully saturated rings. The summed E-state index contributed by atoms with van der Waals surface area (Å²) in [7, 11) is 1.61. The molecule has 2 heterocycles.